The van der Waals surface area contributed by atoms with Gasteiger partial charge < -0.3 is 19.6 Å². The lowest BCUT2D eigenvalue weighted by Crippen LogP contribution is -2.51. The van der Waals surface area contributed by atoms with E-state index in [1.165, 1.54) is 0 Å². The largest absolute Gasteiger partial charge is 0.350 e. The van der Waals surface area contributed by atoms with Crippen molar-refractivity contribution in [1.29, 1.82) is 0 Å². The Morgan fingerprint density at radius 2 is 1.30 bits per heavy atom. The van der Waals surface area contributed by atoms with E-state index in [9.17, 15) is 9.59 Å². The van der Waals surface area contributed by atoms with Gasteiger partial charge >= 0.3 is 0 Å². The van der Waals surface area contributed by atoms with Crippen molar-refractivity contribution in [3.05, 3.63) is 69.7 Å². The van der Waals surface area contributed by atoms with E-state index in [4.69, 9.17) is 23.2 Å². The Labute approximate surface area is 252 Å². The maximum Gasteiger partial charge on any atom is 0.220 e. The summed E-state index contributed by atoms with van der Waals surface area (Å²) in [4.78, 5) is 24.9. The highest BCUT2D eigenvalue weighted by Gasteiger charge is 2.30. The zero-order valence-corrected chi connectivity index (χ0v) is 26.7. The highest BCUT2D eigenvalue weighted by Crippen LogP contribution is 2.31. The summed E-state index contributed by atoms with van der Waals surface area (Å²) in [7, 11) is 2.21. The van der Waals surface area contributed by atoms with Gasteiger partial charge in [-0.25, -0.2) is 0 Å². The summed E-state index contributed by atoms with van der Waals surface area (Å²) < 4.78 is 1.66. The van der Waals surface area contributed by atoms with Gasteiger partial charge in [0.2, 0.25) is 11.8 Å². The number of carbonyl (C=O) groups excluding carboxylic acids is 2. The smallest absolute Gasteiger partial charge is 0.220 e. The predicted molar refractivity (Wildman–Crippen MR) is 167 cm³/mol. The van der Waals surface area contributed by atoms with Crippen LogP contribution in [0.4, 0.5) is 0 Å². The number of quaternary nitrogens is 2. The number of unbranched alkanes of at least 4 members (excludes halogenated alkanes) is 1. The summed E-state index contributed by atoms with van der Waals surface area (Å²) >= 11 is 12.8. The minimum Gasteiger partial charge on any atom is -0.350 e. The molecule has 0 aromatic heterocycles. The SMILES string of the molecule is CC[N+](CC)(CCNC(=O)CCCCC(=O)NCC[N+](C)(CC)C(C)c1ccccc1Cl)Cc1ccccc1Cl. The summed E-state index contributed by atoms with van der Waals surface area (Å²) in [5.41, 5.74) is 2.28. The van der Waals surface area contributed by atoms with Gasteiger partial charge in [-0.05, 0) is 52.7 Å². The van der Waals surface area contributed by atoms with Crippen molar-refractivity contribution in [1.82, 2.24) is 10.6 Å². The van der Waals surface area contributed by atoms with Crippen LogP contribution in [0, 0.1) is 0 Å². The van der Waals surface area contributed by atoms with Crippen LogP contribution in [0.25, 0.3) is 0 Å². The second-order valence-electron chi connectivity index (χ2n) is 11.1. The van der Waals surface area contributed by atoms with Crippen molar-refractivity contribution in [2.75, 3.05) is 52.9 Å². The molecule has 0 saturated carbocycles. The third kappa shape index (κ3) is 10.4. The van der Waals surface area contributed by atoms with Gasteiger partial charge in [-0.3, -0.25) is 9.59 Å². The molecular weight excluding hydrogens is 543 g/mol. The lowest BCUT2D eigenvalue weighted by Gasteiger charge is -2.40. The maximum atomic E-state index is 12.4. The van der Waals surface area contributed by atoms with Crippen LogP contribution in [0.15, 0.2) is 48.5 Å². The van der Waals surface area contributed by atoms with E-state index < -0.39 is 0 Å². The van der Waals surface area contributed by atoms with E-state index in [0.29, 0.717) is 38.8 Å². The van der Waals surface area contributed by atoms with E-state index in [0.717, 1.165) is 69.4 Å². The molecule has 2 rings (SSSR count). The molecule has 0 radical (unpaired) electrons. The fourth-order valence-corrected chi connectivity index (χ4v) is 5.73. The first-order valence-electron chi connectivity index (χ1n) is 14.8. The van der Waals surface area contributed by atoms with Crippen molar-refractivity contribution in [3.63, 3.8) is 0 Å². The number of rotatable bonds is 18. The first-order valence-corrected chi connectivity index (χ1v) is 15.6. The van der Waals surface area contributed by atoms with Crippen LogP contribution in [-0.2, 0) is 16.1 Å². The zero-order valence-electron chi connectivity index (χ0n) is 25.1. The highest BCUT2D eigenvalue weighted by molar-refractivity contribution is 6.31. The maximum absolute atomic E-state index is 12.4. The zero-order chi connectivity index (χ0) is 29.6. The van der Waals surface area contributed by atoms with Gasteiger partial charge in [0.05, 0.1) is 52.9 Å². The lowest BCUT2D eigenvalue weighted by atomic mass is 10.0. The molecule has 0 bridgehead atoms. The number of hydrogen-bond acceptors (Lipinski definition) is 2. The second kappa shape index (κ2) is 17.0. The van der Waals surface area contributed by atoms with E-state index in [1.807, 2.05) is 36.4 Å². The van der Waals surface area contributed by atoms with Crippen LogP contribution in [0.1, 0.15) is 70.5 Å². The average Bonchev–Trinajstić information content (AvgIpc) is 2.95. The molecule has 40 heavy (non-hydrogen) atoms. The van der Waals surface area contributed by atoms with Crippen molar-refractivity contribution in [2.45, 2.75) is 66.0 Å². The van der Waals surface area contributed by atoms with Gasteiger partial charge in [-0.1, -0.05) is 59.6 Å². The summed E-state index contributed by atoms with van der Waals surface area (Å²) in [6.45, 7) is 15.4. The molecule has 0 spiro atoms. The van der Waals surface area contributed by atoms with Crippen LogP contribution in [0.3, 0.4) is 0 Å². The molecule has 222 valence electrons. The third-order valence-corrected chi connectivity index (χ3v) is 9.44. The van der Waals surface area contributed by atoms with E-state index in [-0.39, 0.29) is 17.9 Å². The van der Waals surface area contributed by atoms with E-state index >= 15 is 0 Å². The summed E-state index contributed by atoms with van der Waals surface area (Å²) in [5, 5.41) is 7.73. The first kappa shape index (κ1) is 34.1. The quantitative estimate of drug-likeness (QED) is 0.156. The molecule has 2 N–H and O–H groups in total. The van der Waals surface area contributed by atoms with Crippen LogP contribution in [0.5, 0.6) is 0 Å². The molecule has 0 heterocycles. The van der Waals surface area contributed by atoms with Gasteiger partial charge in [-0.2, -0.15) is 0 Å². The monoisotopic (exact) mass is 592 g/mol. The molecule has 6 nitrogen and oxygen atoms in total. The van der Waals surface area contributed by atoms with Crippen molar-refractivity contribution in [3.8, 4) is 0 Å². The second-order valence-corrected chi connectivity index (χ2v) is 11.9. The predicted octanol–water partition coefficient (Wildman–Crippen LogP) is 6.37. The molecule has 0 aliphatic rings. The molecule has 2 amide bonds. The van der Waals surface area contributed by atoms with Crippen molar-refractivity contribution < 1.29 is 18.6 Å². The van der Waals surface area contributed by atoms with Crippen LogP contribution in [0.2, 0.25) is 10.0 Å². The van der Waals surface area contributed by atoms with Gasteiger partial charge in [0.1, 0.15) is 12.6 Å². The average molecular weight is 594 g/mol. The molecular formula is C32H50Cl2N4O2+2. The Hall–Kier alpha value is -2.12. The minimum absolute atomic E-state index is 0.0426. The summed E-state index contributed by atoms with van der Waals surface area (Å²) in [6, 6.07) is 16.2. The Morgan fingerprint density at radius 3 is 1.82 bits per heavy atom. The number of benzene rings is 2. The molecule has 2 unspecified atom stereocenters. The number of hydrogen-bond donors (Lipinski definition) is 2. The van der Waals surface area contributed by atoms with Gasteiger partial charge in [-0.15, -0.1) is 0 Å². The molecule has 2 aromatic rings. The number of carbonyl (C=O) groups is 2. The van der Waals surface area contributed by atoms with Gasteiger partial charge in [0.25, 0.3) is 0 Å². The highest BCUT2D eigenvalue weighted by atomic mass is 35.5. The molecule has 0 aliphatic carbocycles. The third-order valence-electron chi connectivity index (χ3n) is 8.73. The number of halogens is 2. The van der Waals surface area contributed by atoms with Gasteiger partial charge in [0.15, 0.2) is 0 Å². The van der Waals surface area contributed by atoms with Crippen LogP contribution in [-0.4, -0.2) is 73.6 Å². The molecule has 8 heteroatoms. The van der Waals surface area contributed by atoms with Gasteiger partial charge in [0, 0.05) is 34.0 Å². The normalized spacial score (nSPS) is 13.9. The summed E-state index contributed by atoms with van der Waals surface area (Å²) in [6.07, 6.45) is 2.28. The Kier molecular flexibility index (Phi) is 14.5. The number of likely N-dealkylation sites (N-methyl/N-ethyl adjacent to an activating group) is 2. The Bertz CT molecular complexity index is 1050. The Balaban J connectivity index is 1.67. The molecule has 2 atom stereocenters. The minimum atomic E-state index is 0.0426. The molecule has 0 fully saturated rings. The standard InChI is InChI=1S/C32H48Cl2N4O2/c1-6-37(5,26(4)28-16-10-12-18-30(28)34)23-21-35-31(39)19-13-14-20-32(40)36-22-24-38(7-2,8-3)25-27-15-9-11-17-29(27)33/h9-12,15-18,26H,6-8,13-14,19-25H2,1-5H3/p+2. The Morgan fingerprint density at radius 1 is 0.775 bits per heavy atom. The molecule has 0 aliphatic heterocycles. The topological polar surface area (TPSA) is 58.2 Å². The van der Waals surface area contributed by atoms with E-state index in [1.54, 1.807) is 0 Å². The molecule has 0 saturated heterocycles. The number of amides is 2. The van der Waals surface area contributed by atoms with Crippen LogP contribution >= 0.6 is 23.2 Å². The fourth-order valence-electron chi connectivity index (χ4n) is 5.24. The fraction of sp³-hybridized carbons (Fsp3) is 0.562. The molecule has 2 aromatic carbocycles. The number of nitrogens with zero attached hydrogens (tertiary/aromatic N) is 2. The first-order chi connectivity index (χ1) is 19.1. The van der Waals surface area contributed by atoms with E-state index in [2.05, 4.69) is 57.5 Å². The van der Waals surface area contributed by atoms with Crippen molar-refractivity contribution in [2.24, 2.45) is 0 Å². The van der Waals surface area contributed by atoms with Crippen LogP contribution < -0.4 is 10.6 Å². The van der Waals surface area contributed by atoms with Crippen molar-refractivity contribution >= 4 is 35.0 Å². The number of nitrogens with one attached hydrogen (secondary N) is 2. The summed E-state index contributed by atoms with van der Waals surface area (Å²) in [5.74, 6) is 0.0917. The lowest BCUT2D eigenvalue weighted by molar-refractivity contribution is -0.936.